The smallest absolute Gasteiger partial charge is 0.195 e. The summed E-state index contributed by atoms with van der Waals surface area (Å²) in [5, 5.41) is 21.8. The van der Waals surface area contributed by atoms with Crippen molar-refractivity contribution in [1.29, 1.82) is 0 Å². The standard InChI is InChI=1S/C12H18N4OS/c1-3-13-12(2,8-17)9-18-11-15-14-10-6-4-5-7-16(10)11/h4-7,13,17H,3,8-9H2,1-2H3. The molecule has 98 valence electrons. The lowest BCUT2D eigenvalue weighted by Gasteiger charge is -2.27. The molecular formula is C12H18N4OS. The average molecular weight is 266 g/mol. The number of aliphatic hydroxyl groups excluding tert-OH is 1. The molecule has 2 N–H and O–H groups in total. The third kappa shape index (κ3) is 2.82. The summed E-state index contributed by atoms with van der Waals surface area (Å²) in [6.45, 7) is 4.97. The van der Waals surface area contributed by atoms with Crippen LogP contribution in [0.15, 0.2) is 29.6 Å². The van der Waals surface area contributed by atoms with Gasteiger partial charge >= 0.3 is 0 Å². The van der Waals surface area contributed by atoms with E-state index in [2.05, 4.69) is 15.5 Å². The van der Waals surface area contributed by atoms with Crippen LogP contribution in [0.3, 0.4) is 0 Å². The van der Waals surface area contributed by atoms with E-state index in [4.69, 9.17) is 0 Å². The van der Waals surface area contributed by atoms with Gasteiger partial charge in [0.25, 0.3) is 0 Å². The molecule has 0 saturated carbocycles. The van der Waals surface area contributed by atoms with E-state index in [9.17, 15) is 5.11 Å². The molecule has 0 aliphatic heterocycles. The zero-order valence-electron chi connectivity index (χ0n) is 10.6. The van der Waals surface area contributed by atoms with Crippen molar-refractivity contribution < 1.29 is 5.11 Å². The van der Waals surface area contributed by atoms with Gasteiger partial charge < -0.3 is 10.4 Å². The van der Waals surface area contributed by atoms with Gasteiger partial charge in [-0.2, -0.15) is 0 Å². The van der Waals surface area contributed by atoms with Crippen LogP contribution in [0.4, 0.5) is 0 Å². The SMILES string of the molecule is CCNC(C)(CO)CSc1nnc2ccccn12. The Kier molecular flexibility index (Phi) is 4.21. The monoisotopic (exact) mass is 266 g/mol. The number of likely N-dealkylation sites (N-methyl/N-ethyl adjacent to an activating group) is 1. The predicted octanol–water partition coefficient (Wildman–Crippen LogP) is 1.18. The molecule has 0 amide bonds. The second-order valence-electron chi connectivity index (χ2n) is 4.45. The first-order chi connectivity index (χ1) is 8.68. The quantitative estimate of drug-likeness (QED) is 0.769. The Morgan fingerprint density at radius 3 is 3.00 bits per heavy atom. The van der Waals surface area contributed by atoms with Gasteiger partial charge in [0.05, 0.1) is 6.61 Å². The predicted molar refractivity (Wildman–Crippen MR) is 72.9 cm³/mol. The summed E-state index contributed by atoms with van der Waals surface area (Å²) in [4.78, 5) is 0. The minimum Gasteiger partial charge on any atom is -0.394 e. The van der Waals surface area contributed by atoms with Crippen molar-refractivity contribution in [2.75, 3.05) is 18.9 Å². The van der Waals surface area contributed by atoms with E-state index in [1.165, 1.54) is 0 Å². The summed E-state index contributed by atoms with van der Waals surface area (Å²) in [6.07, 6.45) is 1.95. The lowest BCUT2D eigenvalue weighted by molar-refractivity contribution is 0.194. The highest BCUT2D eigenvalue weighted by Gasteiger charge is 2.23. The number of thioether (sulfide) groups is 1. The van der Waals surface area contributed by atoms with E-state index in [0.29, 0.717) is 0 Å². The maximum atomic E-state index is 9.44. The Morgan fingerprint density at radius 2 is 2.28 bits per heavy atom. The summed E-state index contributed by atoms with van der Waals surface area (Å²) in [5.74, 6) is 0.743. The first-order valence-electron chi connectivity index (χ1n) is 5.97. The molecule has 0 fully saturated rings. The van der Waals surface area contributed by atoms with Crippen LogP contribution in [-0.4, -0.2) is 44.1 Å². The molecule has 2 rings (SSSR count). The molecule has 5 nitrogen and oxygen atoms in total. The van der Waals surface area contributed by atoms with Gasteiger partial charge in [0.1, 0.15) is 0 Å². The van der Waals surface area contributed by atoms with Crippen LogP contribution in [0.5, 0.6) is 0 Å². The van der Waals surface area contributed by atoms with Crippen LogP contribution in [0.25, 0.3) is 5.65 Å². The first-order valence-corrected chi connectivity index (χ1v) is 6.95. The van der Waals surface area contributed by atoms with Gasteiger partial charge in [-0.3, -0.25) is 4.40 Å². The fourth-order valence-corrected chi connectivity index (χ4v) is 2.75. The van der Waals surface area contributed by atoms with Gasteiger partial charge in [-0.1, -0.05) is 24.8 Å². The maximum Gasteiger partial charge on any atom is 0.195 e. The number of aliphatic hydroxyl groups is 1. The maximum absolute atomic E-state index is 9.44. The van der Waals surface area contributed by atoms with E-state index in [1.807, 2.05) is 42.6 Å². The second-order valence-corrected chi connectivity index (χ2v) is 5.39. The molecule has 0 aliphatic rings. The van der Waals surface area contributed by atoms with Crippen molar-refractivity contribution in [3.05, 3.63) is 24.4 Å². The van der Waals surface area contributed by atoms with Crippen molar-refractivity contribution in [1.82, 2.24) is 19.9 Å². The van der Waals surface area contributed by atoms with Gasteiger partial charge in [-0.15, -0.1) is 10.2 Å². The van der Waals surface area contributed by atoms with Crippen molar-refractivity contribution in [2.45, 2.75) is 24.5 Å². The number of nitrogens with one attached hydrogen (secondary N) is 1. The van der Waals surface area contributed by atoms with E-state index in [0.717, 1.165) is 23.1 Å². The van der Waals surface area contributed by atoms with Crippen LogP contribution in [0, 0.1) is 0 Å². The molecule has 2 aromatic rings. The largest absolute Gasteiger partial charge is 0.394 e. The molecule has 2 aromatic heterocycles. The zero-order valence-corrected chi connectivity index (χ0v) is 11.4. The summed E-state index contributed by atoms with van der Waals surface area (Å²) >= 11 is 1.59. The zero-order chi connectivity index (χ0) is 13.0. The molecule has 0 aliphatic carbocycles. The Balaban J connectivity index is 2.10. The molecule has 1 atom stereocenters. The molecule has 2 heterocycles. The molecule has 0 bridgehead atoms. The molecule has 6 heteroatoms. The molecule has 0 saturated heterocycles. The number of pyridine rings is 1. The highest BCUT2D eigenvalue weighted by Crippen LogP contribution is 2.21. The van der Waals surface area contributed by atoms with Crippen LogP contribution in [0.1, 0.15) is 13.8 Å². The number of aromatic nitrogens is 3. The summed E-state index contributed by atoms with van der Waals surface area (Å²) in [7, 11) is 0. The van der Waals surface area contributed by atoms with Crippen molar-refractivity contribution in [2.24, 2.45) is 0 Å². The Hall–Kier alpha value is -1.11. The number of hydrogen-bond donors (Lipinski definition) is 2. The van der Waals surface area contributed by atoms with Gasteiger partial charge in [0.15, 0.2) is 10.8 Å². The van der Waals surface area contributed by atoms with Crippen molar-refractivity contribution in [3.8, 4) is 0 Å². The van der Waals surface area contributed by atoms with Crippen molar-refractivity contribution >= 4 is 17.4 Å². The third-order valence-electron chi connectivity index (χ3n) is 2.75. The topological polar surface area (TPSA) is 62.5 Å². The Bertz CT molecular complexity index is 516. The number of rotatable bonds is 6. The van der Waals surface area contributed by atoms with Crippen LogP contribution < -0.4 is 5.32 Å². The van der Waals surface area contributed by atoms with Gasteiger partial charge in [0, 0.05) is 17.5 Å². The van der Waals surface area contributed by atoms with E-state index < -0.39 is 0 Å². The lowest BCUT2D eigenvalue weighted by Crippen LogP contribution is -2.47. The molecule has 0 aromatic carbocycles. The molecule has 0 radical (unpaired) electrons. The fourth-order valence-electron chi connectivity index (χ4n) is 1.72. The minimum atomic E-state index is -0.292. The van der Waals surface area contributed by atoms with Crippen LogP contribution in [0.2, 0.25) is 0 Å². The lowest BCUT2D eigenvalue weighted by atomic mass is 10.1. The molecule has 1 unspecified atom stereocenters. The van der Waals surface area contributed by atoms with Gasteiger partial charge in [0.2, 0.25) is 0 Å². The summed E-state index contributed by atoms with van der Waals surface area (Å²) < 4.78 is 1.95. The first kappa shape index (κ1) is 13.3. The average Bonchev–Trinajstić information content (AvgIpc) is 2.80. The third-order valence-corrected chi connectivity index (χ3v) is 4.07. The highest BCUT2D eigenvalue weighted by atomic mass is 32.2. The number of hydrogen-bond acceptors (Lipinski definition) is 5. The fraction of sp³-hybridized carbons (Fsp3) is 0.500. The summed E-state index contributed by atoms with van der Waals surface area (Å²) in [5.41, 5.74) is 0.550. The Morgan fingerprint density at radius 1 is 1.44 bits per heavy atom. The van der Waals surface area contributed by atoms with Crippen LogP contribution >= 0.6 is 11.8 Å². The van der Waals surface area contributed by atoms with E-state index in [-0.39, 0.29) is 12.1 Å². The summed E-state index contributed by atoms with van der Waals surface area (Å²) in [6, 6.07) is 5.82. The highest BCUT2D eigenvalue weighted by molar-refractivity contribution is 7.99. The van der Waals surface area contributed by atoms with E-state index in [1.54, 1.807) is 11.8 Å². The van der Waals surface area contributed by atoms with Gasteiger partial charge in [-0.05, 0) is 25.6 Å². The minimum absolute atomic E-state index is 0.102. The normalized spacial score (nSPS) is 14.8. The van der Waals surface area contributed by atoms with Crippen molar-refractivity contribution in [3.63, 3.8) is 0 Å². The number of fused-ring (bicyclic) bond motifs is 1. The molecule has 18 heavy (non-hydrogen) atoms. The molecular weight excluding hydrogens is 248 g/mol. The van der Waals surface area contributed by atoms with Crippen LogP contribution in [-0.2, 0) is 0 Å². The number of nitrogens with zero attached hydrogens (tertiary/aromatic N) is 3. The van der Waals surface area contributed by atoms with Gasteiger partial charge in [-0.25, -0.2) is 0 Å². The Labute approximate surface area is 111 Å². The molecule has 0 spiro atoms. The second kappa shape index (κ2) is 5.69. The van der Waals surface area contributed by atoms with E-state index >= 15 is 0 Å².